The average Bonchev–Trinajstić information content (AvgIpc) is 3.36. The van der Waals surface area contributed by atoms with Crippen LogP contribution in [0.25, 0.3) is 11.0 Å². The Hall–Kier alpha value is -2.73. The van der Waals surface area contributed by atoms with Crippen molar-refractivity contribution >= 4 is 42.4 Å². The lowest BCUT2D eigenvalue weighted by Crippen LogP contribution is -2.48. The topological polar surface area (TPSA) is 86.6 Å². The fraction of sp³-hybridized carbons (Fsp3) is 0.440. The summed E-state index contributed by atoms with van der Waals surface area (Å²) in [6.07, 6.45) is 3.76. The number of benzene rings is 1. The SMILES string of the molecule is CC1(NC(=O)Nc2cc(F)c(Oc3ccnc4c3c(Cl)cn4COCC[Si](C)(C)C)c(F)c2)CCOC1. The van der Waals surface area contributed by atoms with Crippen LogP contribution in [0.5, 0.6) is 11.5 Å². The van der Waals surface area contributed by atoms with E-state index in [1.165, 1.54) is 12.3 Å². The van der Waals surface area contributed by atoms with E-state index in [-0.39, 0.29) is 18.2 Å². The third kappa shape index (κ3) is 6.78. The second kappa shape index (κ2) is 10.9. The highest BCUT2D eigenvalue weighted by atomic mass is 35.5. The highest BCUT2D eigenvalue weighted by molar-refractivity contribution is 6.76. The zero-order valence-corrected chi connectivity index (χ0v) is 23.0. The molecule has 3 heterocycles. The number of fused-ring (bicyclic) bond motifs is 1. The maximum atomic E-state index is 14.9. The number of ether oxygens (including phenoxy) is 3. The quantitative estimate of drug-likeness (QED) is 0.238. The van der Waals surface area contributed by atoms with Crippen molar-refractivity contribution in [2.75, 3.05) is 25.1 Å². The number of nitrogens with zero attached hydrogens (tertiary/aromatic N) is 2. The van der Waals surface area contributed by atoms with Gasteiger partial charge in [-0.1, -0.05) is 31.2 Å². The summed E-state index contributed by atoms with van der Waals surface area (Å²) in [6.45, 7) is 10.4. The number of nitrogens with one attached hydrogen (secondary N) is 2. The van der Waals surface area contributed by atoms with Gasteiger partial charge in [0.1, 0.15) is 18.1 Å². The Labute approximate surface area is 220 Å². The number of hydrogen-bond acceptors (Lipinski definition) is 5. The number of aromatic nitrogens is 2. The summed E-state index contributed by atoms with van der Waals surface area (Å²) in [5.41, 5.74) is -0.121. The number of hydrogen-bond donors (Lipinski definition) is 2. The van der Waals surface area contributed by atoms with Crippen molar-refractivity contribution in [3.8, 4) is 11.5 Å². The average molecular weight is 553 g/mol. The Morgan fingerprint density at radius 3 is 2.68 bits per heavy atom. The molecule has 1 unspecified atom stereocenters. The minimum atomic E-state index is -1.23. The number of anilines is 1. The van der Waals surface area contributed by atoms with Gasteiger partial charge in [0.2, 0.25) is 0 Å². The van der Waals surface area contributed by atoms with E-state index >= 15 is 0 Å². The van der Waals surface area contributed by atoms with Gasteiger partial charge >= 0.3 is 6.03 Å². The summed E-state index contributed by atoms with van der Waals surface area (Å²) in [5.74, 6) is -2.45. The number of urea groups is 1. The Kier molecular flexibility index (Phi) is 8.07. The van der Waals surface area contributed by atoms with E-state index in [0.717, 1.165) is 18.2 Å². The minimum Gasteiger partial charge on any atom is -0.450 e. The van der Waals surface area contributed by atoms with Crippen molar-refractivity contribution in [3.05, 3.63) is 47.2 Å². The first kappa shape index (κ1) is 27.3. The molecule has 200 valence electrons. The van der Waals surface area contributed by atoms with Crippen LogP contribution in [0, 0.1) is 11.6 Å². The Bertz CT molecular complexity index is 1270. The molecule has 0 saturated carbocycles. The van der Waals surface area contributed by atoms with Crippen molar-refractivity contribution in [3.63, 3.8) is 0 Å². The summed E-state index contributed by atoms with van der Waals surface area (Å²) in [6, 6.07) is 3.89. The third-order valence-electron chi connectivity index (χ3n) is 6.00. The van der Waals surface area contributed by atoms with Crippen LogP contribution in [0.15, 0.2) is 30.6 Å². The molecule has 0 spiro atoms. The molecule has 0 radical (unpaired) electrons. The highest BCUT2D eigenvalue weighted by Crippen LogP contribution is 2.37. The zero-order chi connectivity index (χ0) is 26.8. The van der Waals surface area contributed by atoms with Crippen LogP contribution in [0.4, 0.5) is 19.3 Å². The molecule has 1 atom stereocenters. The maximum Gasteiger partial charge on any atom is 0.319 e. The van der Waals surface area contributed by atoms with Crippen LogP contribution < -0.4 is 15.4 Å². The fourth-order valence-electron chi connectivity index (χ4n) is 3.90. The fourth-order valence-corrected chi connectivity index (χ4v) is 4.96. The molecule has 0 aliphatic carbocycles. The van der Waals surface area contributed by atoms with Gasteiger partial charge in [0.15, 0.2) is 17.4 Å². The minimum absolute atomic E-state index is 0.0538. The van der Waals surface area contributed by atoms with Crippen LogP contribution >= 0.6 is 11.6 Å². The van der Waals surface area contributed by atoms with Crippen molar-refractivity contribution in [2.24, 2.45) is 0 Å². The smallest absolute Gasteiger partial charge is 0.319 e. The first-order chi connectivity index (χ1) is 17.4. The Morgan fingerprint density at radius 2 is 2.03 bits per heavy atom. The predicted octanol–water partition coefficient (Wildman–Crippen LogP) is 6.37. The first-order valence-corrected chi connectivity index (χ1v) is 16.1. The van der Waals surface area contributed by atoms with Crippen LogP contribution in [0.3, 0.4) is 0 Å². The van der Waals surface area contributed by atoms with Gasteiger partial charge in [0, 0.05) is 51.5 Å². The van der Waals surface area contributed by atoms with Gasteiger partial charge in [-0.3, -0.25) is 0 Å². The number of carbonyl (C=O) groups excluding carboxylic acids is 1. The molecule has 12 heteroatoms. The van der Waals surface area contributed by atoms with Gasteiger partial charge in [0.05, 0.1) is 22.6 Å². The van der Waals surface area contributed by atoms with Gasteiger partial charge in [-0.05, 0) is 25.5 Å². The van der Waals surface area contributed by atoms with Crippen molar-refractivity contribution < 1.29 is 27.8 Å². The summed E-state index contributed by atoms with van der Waals surface area (Å²) < 4.78 is 48.3. The molecule has 2 N–H and O–H groups in total. The van der Waals surface area contributed by atoms with Gasteiger partial charge in [0.25, 0.3) is 0 Å². The molecule has 1 fully saturated rings. The van der Waals surface area contributed by atoms with Crippen molar-refractivity contribution in [1.29, 1.82) is 0 Å². The van der Waals surface area contributed by atoms with Crippen LogP contribution in [0.2, 0.25) is 30.7 Å². The number of rotatable bonds is 9. The number of amides is 2. The summed E-state index contributed by atoms with van der Waals surface area (Å²) >= 11 is 6.44. The predicted molar refractivity (Wildman–Crippen MR) is 141 cm³/mol. The molecule has 1 aliphatic heterocycles. The summed E-state index contributed by atoms with van der Waals surface area (Å²) in [5, 5.41) is 5.94. The molecule has 3 aromatic rings. The summed E-state index contributed by atoms with van der Waals surface area (Å²) in [7, 11) is -1.23. The van der Waals surface area contributed by atoms with E-state index in [1.54, 1.807) is 10.8 Å². The van der Waals surface area contributed by atoms with Gasteiger partial charge in [-0.2, -0.15) is 0 Å². The third-order valence-corrected chi connectivity index (χ3v) is 7.99. The molecule has 2 amide bonds. The van der Waals surface area contributed by atoms with Gasteiger partial charge in [-0.25, -0.2) is 18.6 Å². The zero-order valence-electron chi connectivity index (χ0n) is 21.3. The molecule has 1 aromatic carbocycles. The molecule has 37 heavy (non-hydrogen) atoms. The van der Waals surface area contributed by atoms with Gasteiger partial charge in [-0.15, -0.1) is 0 Å². The van der Waals surface area contributed by atoms with E-state index in [9.17, 15) is 13.6 Å². The normalized spacial score (nSPS) is 17.8. The van der Waals surface area contributed by atoms with E-state index in [2.05, 4.69) is 35.3 Å². The lowest BCUT2D eigenvalue weighted by atomic mass is 10.0. The van der Waals surface area contributed by atoms with E-state index in [0.29, 0.717) is 42.3 Å². The van der Waals surface area contributed by atoms with Crippen LogP contribution in [-0.4, -0.2) is 49.0 Å². The molecule has 8 nitrogen and oxygen atoms in total. The summed E-state index contributed by atoms with van der Waals surface area (Å²) in [4.78, 5) is 16.7. The lowest BCUT2D eigenvalue weighted by Gasteiger charge is -2.23. The monoisotopic (exact) mass is 552 g/mol. The number of carbonyl (C=O) groups is 1. The molecule has 1 aliphatic rings. The molecule has 2 aromatic heterocycles. The highest BCUT2D eigenvalue weighted by Gasteiger charge is 2.31. The largest absolute Gasteiger partial charge is 0.450 e. The van der Waals surface area contributed by atoms with Crippen molar-refractivity contribution in [2.45, 2.75) is 51.3 Å². The Morgan fingerprint density at radius 1 is 1.30 bits per heavy atom. The molecule has 0 bridgehead atoms. The first-order valence-electron chi connectivity index (χ1n) is 12.0. The standard InChI is InChI=1S/C25H31ClF2N4O4Si/c1-25(6-8-34-14-25)31-24(33)30-16-11-18(27)22(19(28)12-16)36-20-5-7-29-23-21(20)17(26)13-32(23)15-35-9-10-37(2,3)4/h5,7,11-13H,6,8-10,14-15H2,1-4H3,(H2,30,31,33). The second-order valence-corrected chi connectivity index (χ2v) is 16.6. The van der Waals surface area contributed by atoms with E-state index < -0.39 is 37.0 Å². The van der Waals surface area contributed by atoms with Gasteiger partial charge < -0.3 is 29.4 Å². The maximum absolute atomic E-state index is 14.9. The molecular weight excluding hydrogens is 522 g/mol. The Balaban J connectivity index is 1.49. The number of pyridine rings is 1. The van der Waals surface area contributed by atoms with Crippen LogP contribution in [0.1, 0.15) is 13.3 Å². The number of halogens is 3. The molecule has 4 rings (SSSR count). The van der Waals surface area contributed by atoms with E-state index in [1.807, 2.05) is 6.92 Å². The molecule has 1 saturated heterocycles. The lowest BCUT2D eigenvalue weighted by molar-refractivity contribution is 0.0899. The van der Waals surface area contributed by atoms with Crippen LogP contribution in [-0.2, 0) is 16.2 Å². The van der Waals surface area contributed by atoms with E-state index in [4.69, 9.17) is 25.8 Å². The van der Waals surface area contributed by atoms with Crippen molar-refractivity contribution in [1.82, 2.24) is 14.9 Å². The second-order valence-electron chi connectivity index (χ2n) is 10.6. The molecular formula is C25H31ClF2N4O4Si.